The van der Waals surface area contributed by atoms with Gasteiger partial charge >= 0.3 is 12.1 Å². The number of aliphatic carboxylic acids is 1. The zero-order chi connectivity index (χ0) is 14.6. The van der Waals surface area contributed by atoms with Crippen molar-refractivity contribution in [1.29, 1.82) is 0 Å². The summed E-state index contributed by atoms with van der Waals surface area (Å²) >= 11 is 0. The van der Waals surface area contributed by atoms with Crippen molar-refractivity contribution >= 4 is 12.1 Å². The molecule has 2 unspecified atom stereocenters. The Morgan fingerprint density at radius 1 is 1.42 bits per heavy atom. The van der Waals surface area contributed by atoms with E-state index >= 15 is 0 Å². The van der Waals surface area contributed by atoms with Crippen LogP contribution in [0.4, 0.5) is 4.79 Å². The fourth-order valence-corrected chi connectivity index (χ4v) is 2.48. The molecule has 0 radical (unpaired) electrons. The van der Waals surface area contributed by atoms with Crippen LogP contribution in [0.5, 0.6) is 0 Å². The first kappa shape index (κ1) is 15.8. The molecule has 0 spiro atoms. The van der Waals surface area contributed by atoms with Crippen LogP contribution in [0.2, 0.25) is 0 Å². The van der Waals surface area contributed by atoms with Crippen molar-refractivity contribution in [2.45, 2.75) is 52.6 Å². The van der Waals surface area contributed by atoms with E-state index < -0.39 is 11.6 Å². The number of carboxylic acid groups (broad SMARTS) is 1. The Hall–Kier alpha value is -1.26. The van der Waals surface area contributed by atoms with Gasteiger partial charge < -0.3 is 14.7 Å². The Kier molecular flexibility index (Phi) is 5.20. The molecule has 1 rings (SSSR count). The number of amides is 1. The summed E-state index contributed by atoms with van der Waals surface area (Å²) in [6.45, 7) is 8.55. The van der Waals surface area contributed by atoms with Crippen molar-refractivity contribution < 1.29 is 19.4 Å². The first-order chi connectivity index (χ1) is 8.74. The quantitative estimate of drug-likeness (QED) is 0.853. The Morgan fingerprint density at radius 2 is 2.05 bits per heavy atom. The van der Waals surface area contributed by atoms with E-state index in [4.69, 9.17) is 4.74 Å². The van der Waals surface area contributed by atoms with Gasteiger partial charge in [0.15, 0.2) is 0 Å². The number of carboxylic acids is 1. The van der Waals surface area contributed by atoms with Crippen LogP contribution in [-0.2, 0) is 9.53 Å². The zero-order valence-electron chi connectivity index (χ0n) is 12.3. The van der Waals surface area contributed by atoms with Crippen LogP contribution in [-0.4, -0.2) is 40.8 Å². The Morgan fingerprint density at radius 3 is 2.53 bits per heavy atom. The lowest BCUT2D eigenvalue weighted by atomic mass is 9.88. The number of ether oxygens (including phenoxy) is 1. The second-order valence-electron chi connectivity index (χ2n) is 6.21. The highest BCUT2D eigenvalue weighted by molar-refractivity contribution is 5.71. The largest absolute Gasteiger partial charge is 0.481 e. The highest BCUT2D eigenvalue weighted by Gasteiger charge is 2.36. The summed E-state index contributed by atoms with van der Waals surface area (Å²) in [5.41, 5.74) is -0.509. The molecular formula is C14H25NO4. The maximum atomic E-state index is 11.9. The number of likely N-dealkylation sites (tertiary alicyclic amines) is 1. The van der Waals surface area contributed by atoms with Crippen LogP contribution in [0.1, 0.15) is 47.0 Å². The molecule has 1 aliphatic heterocycles. The van der Waals surface area contributed by atoms with Crippen LogP contribution in [0, 0.1) is 11.8 Å². The molecule has 110 valence electrons. The number of rotatable bonds is 4. The van der Waals surface area contributed by atoms with Gasteiger partial charge in [-0.05, 0) is 39.5 Å². The van der Waals surface area contributed by atoms with E-state index in [9.17, 15) is 14.7 Å². The SMILES string of the molecule is CCCC(C(=O)O)C1CCN(C(=O)OC(C)(C)C)C1. The summed E-state index contributed by atoms with van der Waals surface area (Å²) in [5, 5.41) is 9.24. The predicted molar refractivity (Wildman–Crippen MR) is 71.9 cm³/mol. The van der Waals surface area contributed by atoms with Gasteiger partial charge in [0, 0.05) is 13.1 Å². The highest BCUT2D eigenvalue weighted by Crippen LogP contribution is 2.28. The van der Waals surface area contributed by atoms with Crippen LogP contribution >= 0.6 is 0 Å². The van der Waals surface area contributed by atoms with Gasteiger partial charge in [-0.15, -0.1) is 0 Å². The molecule has 0 aromatic rings. The number of nitrogens with zero attached hydrogens (tertiary/aromatic N) is 1. The van der Waals surface area contributed by atoms with E-state index in [2.05, 4.69) is 0 Å². The van der Waals surface area contributed by atoms with Crippen molar-refractivity contribution in [1.82, 2.24) is 4.90 Å². The smallest absolute Gasteiger partial charge is 0.410 e. The number of carbonyl (C=O) groups is 2. The second kappa shape index (κ2) is 6.26. The summed E-state index contributed by atoms with van der Waals surface area (Å²) in [4.78, 5) is 24.8. The van der Waals surface area contributed by atoms with Crippen LogP contribution in [0.25, 0.3) is 0 Å². The monoisotopic (exact) mass is 271 g/mol. The third-order valence-electron chi connectivity index (χ3n) is 3.36. The maximum Gasteiger partial charge on any atom is 0.410 e. The number of carbonyl (C=O) groups excluding carboxylic acids is 1. The molecule has 1 fully saturated rings. The number of hydrogen-bond acceptors (Lipinski definition) is 3. The Labute approximate surface area is 114 Å². The molecule has 0 aliphatic carbocycles. The third-order valence-corrected chi connectivity index (χ3v) is 3.36. The first-order valence-electron chi connectivity index (χ1n) is 6.95. The van der Waals surface area contributed by atoms with Crippen molar-refractivity contribution in [3.63, 3.8) is 0 Å². The summed E-state index contributed by atoms with van der Waals surface area (Å²) in [5.74, 6) is -1.06. The minimum absolute atomic E-state index is 0.0463. The lowest BCUT2D eigenvalue weighted by molar-refractivity contribution is -0.143. The Balaban J connectivity index is 2.57. The zero-order valence-corrected chi connectivity index (χ0v) is 12.3. The van der Waals surface area contributed by atoms with E-state index in [1.807, 2.05) is 27.7 Å². The molecule has 5 nitrogen and oxygen atoms in total. The molecule has 0 bridgehead atoms. The van der Waals surface area contributed by atoms with Crippen molar-refractivity contribution in [2.75, 3.05) is 13.1 Å². The van der Waals surface area contributed by atoms with Crippen LogP contribution < -0.4 is 0 Å². The molecule has 2 atom stereocenters. The van der Waals surface area contributed by atoms with Crippen LogP contribution in [0.3, 0.4) is 0 Å². The topological polar surface area (TPSA) is 66.8 Å². The van der Waals surface area contributed by atoms with Gasteiger partial charge in [0.25, 0.3) is 0 Å². The van der Waals surface area contributed by atoms with Gasteiger partial charge in [-0.2, -0.15) is 0 Å². The van der Waals surface area contributed by atoms with Crippen molar-refractivity contribution in [2.24, 2.45) is 11.8 Å². The van der Waals surface area contributed by atoms with Crippen molar-refractivity contribution in [3.05, 3.63) is 0 Å². The lowest BCUT2D eigenvalue weighted by Crippen LogP contribution is -2.36. The number of hydrogen-bond donors (Lipinski definition) is 1. The summed E-state index contributed by atoms with van der Waals surface area (Å²) in [6, 6.07) is 0. The van der Waals surface area contributed by atoms with E-state index in [0.29, 0.717) is 19.5 Å². The van der Waals surface area contributed by atoms with Gasteiger partial charge in [-0.3, -0.25) is 4.79 Å². The normalized spacial score (nSPS) is 21.3. The minimum atomic E-state index is -0.752. The summed E-state index contributed by atoms with van der Waals surface area (Å²) in [7, 11) is 0. The van der Waals surface area contributed by atoms with Crippen LogP contribution in [0.15, 0.2) is 0 Å². The lowest BCUT2D eigenvalue weighted by Gasteiger charge is -2.25. The molecule has 1 amide bonds. The van der Waals surface area contributed by atoms with Gasteiger partial charge in [-0.1, -0.05) is 13.3 Å². The molecule has 1 heterocycles. The highest BCUT2D eigenvalue weighted by atomic mass is 16.6. The minimum Gasteiger partial charge on any atom is -0.481 e. The Bertz CT molecular complexity index is 335. The fourth-order valence-electron chi connectivity index (χ4n) is 2.48. The molecular weight excluding hydrogens is 246 g/mol. The van der Waals surface area contributed by atoms with E-state index in [0.717, 1.165) is 12.8 Å². The standard InChI is InChI=1S/C14H25NO4/c1-5-6-11(12(16)17)10-7-8-15(9-10)13(18)19-14(2,3)4/h10-11H,5-9H2,1-4H3,(H,16,17). The molecule has 0 aromatic heterocycles. The molecule has 1 saturated heterocycles. The molecule has 1 N–H and O–H groups in total. The summed E-state index contributed by atoms with van der Waals surface area (Å²) < 4.78 is 5.31. The van der Waals surface area contributed by atoms with Gasteiger partial charge in [-0.25, -0.2) is 4.79 Å². The molecule has 0 aromatic carbocycles. The van der Waals surface area contributed by atoms with Gasteiger partial charge in [0.1, 0.15) is 5.60 Å². The van der Waals surface area contributed by atoms with E-state index in [-0.39, 0.29) is 17.9 Å². The molecule has 1 aliphatic rings. The average molecular weight is 271 g/mol. The molecule has 0 saturated carbocycles. The first-order valence-corrected chi connectivity index (χ1v) is 6.95. The van der Waals surface area contributed by atoms with Crippen molar-refractivity contribution in [3.8, 4) is 0 Å². The summed E-state index contributed by atoms with van der Waals surface area (Å²) in [6.07, 6.45) is 1.92. The maximum absolute atomic E-state index is 11.9. The fraction of sp³-hybridized carbons (Fsp3) is 0.857. The average Bonchev–Trinajstić information content (AvgIpc) is 2.72. The van der Waals surface area contributed by atoms with E-state index in [1.54, 1.807) is 4.90 Å². The predicted octanol–water partition coefficient (Wildman–Crippen LogP) is 2.74. The van der Waals surface area contributed by atoms with E-state index in [1.165, 1.54) is 0 Å². The van der Waals surface area contributed by atoms with Gasteiger partial charge in [0.2, 0.25) is 0 Å². The second-order valence-corrected chi connectivity index (χ2v) is 6.21. The third kappa shape index (κ3) is 4.73. The van der Waals surface area contributed by atoms with Gasteiger partial charge in [0.05, 0.1) is 5.92 Å². The molecule has 5 heteroatoms. The molecule has 19 heavy (non-hydrogen) atoms.